The predicted molar refractivity (Wildman–Crippen MR) is 42.2 cm³/mol. The maximum atomic E-state index is 3.94. The monoisotopic (exact) mass is 154 g/mol. The van der Waals surface area contributed by atoms with Crippen LogP contribution in [-0.2, 0) is 0 Å². The Bertz CT molecular complexity index is 187. The molecule has 1 rings (SSSR count). The summed E-state index contributed by atoms with van der Waals surface area (Å²) in [4.78, 5) is 0. The van der Waals surface area contributed by atoms with Crippen LogP contribution < -0.4 is 0 Å². The van der Waals surface area contributed by atoms with Gasteiger partial charge in [0.05, 0.1) is 0 Å². The van der Waals surface area contributed by atoms with Gasteiger partial charge in [-0.2, -0.15) is 0 Å². The van der Waals surface area contributed by atoms with E-state index in [4.69, 9.17) is 0 Å². The van der Waals surface area contributed by atoms with Crippen LogP contribution in [-0.4, -0.2) is 5.66 Å². The summed E-state index contributed by atoms with van der Waals surface area (Å²) in [6.07, 6.45) is 0.882. The molecular formula is C7H14N4. The van der Waals surface area contributed by atoms with Crippen molar-refractivity contribution in [1.29, 1.82) is 0 Å². The van der Waals surface area contributed by atoms with Crippen LogP contribution in [0.4, 0.5) is 0 Å². The first-order valence-corrected chi connectivity index (χ1v) is 3.75. The molecular weight excluding hydrogens is 140 g/mol. The molecule has 0 unspecified atom stereocenters. The third-order valence-electron chi connectivity index (χ3n) is 1.43. The third-order valence-corrected chi connectivity index (χ3v) is 1.43. The lowest BCUT2D eigenvalue weighted by Crippen LogP contribution is -2.24. The lowest BCUT2D eigenvalue weighted by molar-refractivity contribution is 0.277. The summed E-state index contributed by atoms with van der Waals surface area (Å²) in [5.41, 5.74) is -0.185. The summed E-state index contributed by atoms with van der Waals surface area (Å²) >= 11 is 0. The van der Waals surface area contributed by atoms with E-state index in [1.807, 2.05) is 6.92 Å². The Morgan fingerprint density at radius 1 is 1.09 bits per heavy atom. The fourth-order valence-electron chi connectivity index (χ4n) is 1.33. The van der Waals surface area contributed by atoms with Crippen molar-refractivity contribution in [3.05, 3.63) is 0 Å². The summed E-state index contributed by atoms with van der Waals surface area (Å²) in [6, 6.07) is 0. The number of hydrogen-bond acceptors (Lipinski definition) is 4. The Kier molecular flexibility index (Phi) is 1.78. The molecule has 0 fully saturated rings. The van der Waals surface area contributed by atoms with Gasteiger partial charge in [-0.25, -0.2) is 0 Å². The van der Waals surface area contributed by atoms with E-state index in [0.717, 1.165) is 6.42 Å². The Morgan fingerprint density at radius 3 is 1.91 bits per heavy atom. The molecule has 0 saturated carbocycles. The SMILES string of the molecule is CC(C)(C)CC1(C)N=NN=N1. The zero-order chi connectivity index (χ0) is 8.54. The first-order chi connectivity index (χ1) is 4.91. The van der Waals surface area contributed by atoms with Crippen molar-refractivity contribution in [3.63, 3.8) is 0 Å². The van der Waals surface area contributed by atoms with Gasteiger partial charge in [0.15, 0.2) is 5.66 Å². The minimum Gasteiger partial charge on any atom is -0.135 e. The van der Waals surface area contributed by atoms with Gasteiger partial charge in [0.1, 0.15) is 0 Å². The van der Waals surface area contributed by atoms with Crippen molar-refractivity contribution in [2.24, 2.45) is 26.1 Å². The van der Waals surface area contributed by atoms with Crippen LogP contribution in [0.2, 0.25) is 0 Å². The number of hydrogen-bond donors (Lipinski definition) is 0. The van der Waals surface area contributed by atoms with Gasteiger partial charge < -0.3 is 0 Å². The van der Waals surface area contributed by atoms with Crippen LogP contribution in [0.25, 0.3) is 0 Å². The summed E-state index contributed by atoms with van der Waals surface area (Å²) in [6.45, 7) is 8.41. The first kappa shape index (κ1) is 8.30. The molecule has 0 amide bonds. The van der Waals surface area contributed by atoms with Gasteiger partial charge >= 0.3 is 0 Å². The lowest BCUT2D eigenvalue weighted by atomic mass is 9.86. The van der Waals surface area contributed by atoms with Crippen molar-refractivity contribution in [2.75, 3.05) is 0 Å². The van der Waals surface area contributed by atoms with Crippen LogP contribution in [0.1, 0.15) is 34.1 Å². The fourth-order valence-corrected chi connectivity index (χ4v) is 1.33. The van der Waals surface area contributed by atoms with E-state index >= 15 is 0 Å². The fraction of sp³-hybridized carbons (Fsp3) is 1.00. The van der Waals surface area contributed by atoms with Gasteiger partial charge in [0, 0.05) is 6.42 Å². The zero-order valence-electron chi connectivity index (χ0n) is 7.50. The van der Waals surface area contributed by atoms with Crippen molar-refractivity contribution >= 4 is 0 Å². The standard InChI is InChI=1S/C7H14N4/c1-6(2,3)5-7(4)8-10-11-9-7/h5H2,1-4H3. The smallest absolute Gasteiger partial charge is 0.135 e. The van der Waals surface area contributed by atoms with Crippen molar-refractivity contribution in [2.45, 2.75) is 39.8 Å². The van der Waals surface area contributed by atoms with E-state index in [2.05, 4.69) is 41.4 Å². The Hall–Kier alpha value is -0.800. The molecule has 0 spiro atoms. The van der Waals surface area contributed by atoms with Gasteiger partial charge in [-0.15, -0.1) is 10.2 Å². The molecule has 0 aliphatic carbocycles. The van der Waals surface area contributed by atoms with Crippen molar-refractivity contribution in [1.82, 2.24) is 0 Å². The number of nitrogens with zero attached hydrogens (tertiary/aromatic N) is 4. The maximum Gasteiger partial charge on any atom is 0.193 e. The Labute approximate surface area is 66.8 Å². The molecule has 0 saturated heterocycles. The molecule has 0 N–H and O–H groups in total. The van der Waals surface area contributed by atoms with E-state index in [1.165, 1.54) is 0 Å². The molecule has 1 aliphatic rings. The molecule has 0 radical (unpaired) electrons. The van der Waals surface area contributed by atoms with Gasteiger partial charge in [-0.05, 0) is 22.8 Å². The second kappa shape index (κ2) is 2.36. The summed E-state index contributed by atoms with van der Waals surface area (Å²) < 4.78 is 0. The van der Waals surface area contributed by atoms with E-state index in [-0.39, 0.29) is 5.41 Å². The highest BCUT2D eigenvalue weighted by Crippen LogP contribution is 2.33. The van der Waals surface area contributed by atoms with Crippen LogP contribution >= 0.6 is 0 Å². The normalized spacial score (nSPS) is 21.1. The zero-order valence-corrected chi connectivity index (χ0v) is 7.50. The Morgan fingerprint density at radius 2 is 1.55 bits per heavy atom. The van der Waals surface area contributed by atoms with E-state index in [1.54, 1.807) is 0 Å². The highest BCUT2D eigenvalue weighted by Gasteiger charge is 2.32. The van der Waals surface area contributed by atoms with Gasteiger partial charge in [0.25, 0.3) is 0 Å². The molecule has 0 aromatic carbocycles. The quantitative estimate of drug-likeness (QED) is 0.557. The van der Waals surface area contributed by atoms with Crippen LogP contribution in [0.3, 0.4) is 0 Å². The highest BCUT2D eigenvalue weighted by molar-refractivity contribution is 4.84. The van der Waals surface area contributed by atoms with E-state index in [9.17, 15) is 0 Å². The highest BCUT2D eigenvalue weighted by atomic mass is 15.6. The maximum absolute atomic E-state index is 3.94. The average Bonchev–Trinajstić information content (AvgIpc) is 2.09. The summed E-state index contributed by atoms with van der Waals surface area (Å²) in [5, 5.41) is 14.9. The van der Waals surface area contributed by atoms with Crippen LogP contribution in [0.5, 0.6) is 0 Å². The lowest BCUT2D eigenvalue weighted by Gasteiger charge is -2.24. The first-order valence-electron chi connectivity index (χ1n) is 3.75. The van der Waals surface area contributed by atoms with E-state index in [0.29, 0.717) is 0 Å². The molecule has 1 heterocycles. The molecule has 0 atom stereocenters. The van der Waals surface area contributed by atoms with Gasteiger partial charge in [-0.3, -0.25) is 0 Å². The average molecular weight is 154 g/mol. The summed E-state index contributed by atoms with van der Waals surface area (Å²) in [5.74, 6) is 0. The molecule has 0 bridgehead atoms. The second-order valence-electron chi connectivity index (χ2n) is 4.33. The molecule has 1 aliphatic heterocycles. The van der Waals surface area contributed by atoms with Crippen LogP contribution in [0, 0.1) is 5.41 Å². The van der Waals surface area contributed by atoms with Crippen molar-refractivity contribution < 1.29 is 0 Å². The predicted octanol–water partition coefficient (Wildman–Crippen LogP) is 2.97. The Balaban J connectivity index is 2.62. The topological polar surface area (TPSA) is 49.4 Å². The second-order valence-corrected chi connectivity index (χ2v) is 4.33. The van der Waals surface area contributed by atoms with Gasteiger partial charge in [0.2, 0.25) is 0 Å². The third kappa shape index (κ3) is 2.37. The molecule has 4 nitrogen and oxygen atoms in total. The summed E-state index contributed by atoms with van der Waals surface area (Å²) in [7, 11) is 0. The molecule has 0 aromatic heterocycles. The largest absolute Gasteiger partial charge is 0.193 e. The van der Waals surface area contributed by atoms with Crippen molar-refractivity contribution in [3.8, 4) is 0 Å². The molecule has 62 valence electrons. The molecule has 4 heteroatoms. The van der Waals surface area contributed by atoms with Crippen LogP contribution in [0.15, 0.2) is 20.7 Å². The minimum atomic E-state index is -0.405. The molecule has 0 aromatic rings. The van der Waals surface area contributed by atoms with Gasteiger partial charge in [-0.1, -0.05) is 20.8 Å². The van der Waals surface area contributed by atoms with E-state index < -0.39 is 5.66 Å². The number of rotatable bonds is 1. The minimum absolute atomic E-state index is 0.219. The molecule has 11 heavy (non-hydrogen) atoms.